The van der Waals surface area contributed by atoms with E-state index < -0.39 is 5.97 Å². The number of ether oxygens (including phenoxy) is 2. The highest BCUT2D eigenvalue weighted by Gasteiger charge is 2.29. The second kappa shape index (κ2) is 6.54. The lowest BCUT2D eigenvalue weighted by Gasteiger charge is -2.08. The largest absolute Gasteiger partial charge is 0.492 e. The quantitative estimate of drug-likeness (QED) is 0.785. The van der Waals surface area contributed by atoms with Crippen LogP contribution in [-0.2, 0) is 20.9 Å². The van der Waals surface area contributed by atoms with E-state index in [4.69, 9.17) is 9.47 Å². The van der Waals surface area contributed by atoms with Gasteiger partial charge in [0.25, 0.3) is 5.91 Å². The lowest BCUT2D eigenvalue weighted by molar-refractivity contribution is -0.141. The maximum Gasteiger partial charge on any atom is 0.325 e. The van der Waals surface area contributed by atoms with Crippen molar-refractivity contribution in [2.75, 3.05) is 13.7 Å². The molecule has 0 N–H and O–H groups in total. The van der Waals surface area contributed by atoms with Crippen molar-refractivity contribution in [1.29, 1.82) is 0 Å². The number of para-hydroxylation sites is 1. The van der Waals surface area contributed by atoms with Crippen molar-refractivity contribution in [1.82, 2.24) is 4.57 Å². The topological polar surface area (TPSA) is 69.9 Å². The zero-order chi connectivity index (χ0) is 16.4. The highest BCUT2D eigenvalue weighted by atomic mass is 32.1. The van der Waals surface area contributed by atoms with E-state index in [0.29, 0.717) is 17.2 Å². The molecule has 1 saturated carbocycles. The van der Waals surface area contributed by atoms with Gasteiger partial charge in [0, 0.05) is 5.92 Å². The molecular weight excluding hydrogens is 316 g/mol. The fourth-order valence-electron chi connectivity index (χ4n) is 2.31. The first kappa shape index (κ1) is 15.7. The van der Waals surface area contributed by atoms with Gasteiger partial charge >= 0.3 is 5.97 Å². The van der Waals surface area contributed by atoms with Crippen LogP contribution in [0.5, 0.6) is 5.75 Å². The molecule has 0 atom stereocenters. The Morgan fingerprint density at radius 1 is 1.39 bits per heavy atom. The van der Waals surface area contributed by atoms with Crippen LogP contribution in [0, 0.1) is 5.92 Å². The van der Waals surface area contributed by atoms with E-state index in [1.54, 1.807) is 4.57 Å². The molecule has 1 aliphatic carbocycles. The van der Waals surface area contributed by atoms with Crippen LogP contribution in [-0.4, -0.2) is 30.2 Å². The average molecular weight is 334 g/mol. The molecule has 1 amide bonds. The standard InChI is InChI=1S/C16H18N2O4S/c1-3-22-11-5-4-6-12-14(11)18(9-13(19)21-2)16(23-12)17-15(20)10-7-8-10/h4-6,10H,3,7-9H2,1-2H3. The lowest BCUT2D eigenvalue weighted by atomic mass is 10.3. The fourth-order valence-corrected chi connectivity index (χ4v) is 3.36. The summed E-state index contributed by atoms with van der Waals surface area (Å²) < 4.78 is 13.1. The Morgan fingerprint density at radius 2 is 2.17 bits per heavy atom. The summed E-state index contributed by atoms with van der Waals surface area (Å²) >= 11 is 1.38. The number of carbonyl (C=O) groups excluding carboxylic acids is 2. The summed E-state index contributed by atoms with van der Waals surface area (Å²) in [6.07, 6.45) is 1.79. The first-order chi connectivity index (χ1) is 11.1. The Kier molecular flexibility index (Phi) is 4.47. The van der Waals surface area contributed by atoms with Crippen molar-refractivity contribution in [3.05, 3.63) is 23.0 Å². The zero-order valence-corrected chi connectivity index (χ0v) is 13.9. The van der Waals surface area contributed by atoms with Crippen molar-refractivity contribution in [3.8, 4) is 5.75 Å². The highest BCUT2D eigenvalue weighted by molar-refractivity contribution is 7.16. The number of hydrogen-bond donors (Lipinski definition) is 0. The first-order valence-electron chi connectivity index (χ1n) is 7.54. The van der Waals surface area contributed by atoms with E-state index in [9.17, 15) is 9.59 Å². The normalized spacial score (nSPS) is 15.0. The molecular formula is C16H18N2O4S. The van der Waals surface area contributed by atoms with E-state index in [2.05, 4.69) is 4.99 Å². The third-order valence-corrected chi connectivity index (χ3v) is 4.65. The summed E-state index contributed by atoms with van der Waals surface area (Å²) in [5.41, 5.74) is 0.770. The predicted molar refractivity (Wildman–Crippen MR) is 86.3 cm³/mol. The third-order valence-electron chi connectivity index (χ3n) is 3.61. The number of methoxy groups -OCH3 is 1. The van der Waals surface area contributed by atoms with E-state index in [1.807, 2.05) is 25.1 Å². The molecule has 1 aromatic carbocycles. The Labute approximate surface area is 137 Å². The summed E-state index contributed by atoms with van der Waals surface area (Å²) in [5.74, 6) is 0.202. The molecule has 3 rings (SSSR count). The molecule has 23 heavy (non-hydrogen) atoms. The Morgan fingerprint density at radius 3 is 2.83 bits per heavy atom. The van der Waals surface area contributed by atoms with Crippen LogP contribution in [0.4, 0.5) is 0 Å². The molecule has 1 aliphatic rings. The SMILES string of the molecule is CCOc1cccc2sc(=NC(=O)C3CC3)n(CC(=O)OC)c12. The van der Waals surface area contributed by atoms with Crippen molar-refractivity contribution >= 4 is 33.4 Å². The number of esters is 1. The number of thiazole rings is 1. The number of carbonyl (C=O) groups is 2. The van der Waals surface area contributed by atoms with Crippen molar-refractivity contribution in [3.63, 3.8) is 0 Å². The Bertz CT molecular complexity index is 817. The van der Waals surface area contributed by atoms with Crippen molar-refractivity contribution in [2.45, 2.75) is 26.3 Å². The van der Waals surface area contributed by atoms with Gasteiger partial charge in [0.15, 0.2) is 4.80 Å². The number of aromatic nitrogens is 1. The second-order valence-electron chi connectivity index (χ2n) is 5.31. The number of amides is 1. The number of benzene rings is 1. The Hall–Kier alpha value is -2.15. The molecule has 0 spiro atoms. The molecule has 1 heterocycles. The Balaban J connectivity index is 2.17. The number of rotatable bonds is 5. The number of nitrogens with zero attached hydrogens (tertiary/aromatic N) is 2. The summed E-state index contributed by atoms with van der Waals surface area (Å²) in [6, 6.07) is 5.66. The molecule has 0 unspecified atom stereocenters. The second-order valence-corrected chi connectivity index (χ2v) is 6.32. The molecule has 122 valence electrons. The first-order valence-corrected chi connectivity index (χ1v) is 8.36. The zero-order valence-electron chi connectivity index (χ0n) is 13.1. The lowest BCUT2D eigenvalue weighted by Crippen LogP contribution is -2.23. The van der Waals surface area contributed by atoms with Crippen LogP contribution in [0.15, 0.2) is 23.2 Å². The van der Waals surface area contributed by atoms with Crippen molar-refractivity contribution in [2.24, 2.45) is 10.9 Å². The molecule has 6 nitrogen and oxygen atoms in total. The fraction of sp³-hybridized carbons (Fsp3) is 0.438. The molecule has 7 heteroatoms. The predicted octanol–water partition coefficient (Wildman–Crippen LogP) is 2.11. The highest BCUT2D eigenvalue weighted by Crippen LogP contribution is 2.31. The van der Waals surface area contributed by atoms with Crippen LogP contribution < -0.4 is 9.54 Å². The molecule has 0 aliphatic heterocycles. The van der Waals surface area contributed by atoms with Crippen LogP contribution in [0.3, 0.4) is 0 Å². The van der Waals surface area contributed by atoms with Gasteiger partial charge in [0.1, 0.15) is 17.8 Å². The minimum Gasteiger partial charge on any atom is -0.492 e. The maximum atomic E-state index is 12.0. The van der Waals surface area contributed by atoms with Gasteiger partial charge in [-0.15, -0.1) is 0 Å². The van der Waals surface area contributed by atoms with Crippen LogP contribution in [0.1, 0.15) is 19.8 Å². The van der Waals surface area contributed by atoms with Gasteiger partial charge in [-0.25, -0.2) is 0 Å². The third kappa shape index (κ3) is 3.29. The van der Waals surface area contributed by atoms with Crippen LogP contribution >= 0.6 is 11.3 Å². The molecule has 0 saturated heterocycles. The maximum absolute atomic E-state index is 12.0. The summed E-state index contributed by atoms with van der Waals surface area (Å²) in [5, 5.41) is 0. The van der Waals surface area contributed by atoms with Crippen LogP contribution in [0.25, 0.3) is 10.2 Å². The molecule has 1 fully saturated rings. The molecule has 1 aromatic heterocycles. The average Bonchev–Trinajstić information content (AvgIpc) is 3.33. The monoisotopic (exact) mass is 334 g/mol. The molecule has 2 aromatic rings. The minimum absolute atomic E-state index is 0.00261. The smallest absolute Gasteiger partial charge is 0.325 e. The number of hydrogen-bond acceptors (Lipinski definition) is 5. The van der Waals surface area contributed by atoms with E-state index in [1.165, 1.54) is 18.4 Å². The van der Waals surface area contributed by atoms with Gasteiger partial charge in [-0.3, -0.25) is 9.59 Å². The summed E-state index contributed by atoms with van der Waals surface area (Å²) in [7, 11) is 1.34. The van der Waals surface area contributed by atoms with Gasteiger partial charge in [-0.1, -0.05) is 17.4 Å². The van der Waals surface area contributed by atoms with Gasteiger partial charge in [-0.2, -0.15) is 4.99 Å². The minimum atomic E-state index is -0.392. The molecule has 0 radical (unpaired) electrons. The van der Waals surface area contributed by atoms with E-state index in [0.717, 1.165) is 23.1 Å². The van der Waals surface area contributed by atoms with Gasteiger partial charge in [0.2, 0.25) is 0 Å². The van der Waals surface area contributed by atoms with E-state index in [-0.39, 0.29) is 18.4 Å². The van der Waals surface area contributed by atoms with Crippen molar-refractivity contribution < 1.29 is 19.1 Å². The number of fused-ring (bicyclic) bond motifs is 1. The van der Waals surface area contributed by atoms with E-state index >= 15 is 0 Å². The summed E-state index contributed by atoms with van der Waals surface area (Å²) in [4.78, 5) is 28.6. The van der Waals surface area contributed by atoms with Gasteiger partial charge in [-0.05, 0) is 31.9 Å². The van der Waals surface area contributed by atoms with Gasteiger partial charge in [0.05, 0.1) is 18.4 Å². The summed E-state index contributed by atoms with van der Waals surface area (Å²) in [6.45, 7) is 2.41. The van der Waals surface area contributed by atoms with Crippen LogP contribution in [0.2, 0.25) is 0 Å². The molecule has 0 bridgehead atoms. The van der Waals surface area contributed by atoms with Gasteiger partial charge < -0.3 is 14.0 Å².